The van der Waals surface area contributed by atoms with E-state index in [4.69, 9.17) is 11.6 Å². The third-order valence-corrected chi connectivity index (χ3v) is 3.27. The van der Waals surface area contributed by atoms with E-state index in [1.54, 1.807) is 0 Å². The van der Waals surface area contributed by atoms with Crippen LogP contribution in [0.5, 0.6) is 0 Å². The van der Waals surface area contributed by atoms with Crippen LogP contribution in [0.3, 0.4) is 0 Å². The lowest BCUT2D eigenvalue weighted by Crippen LogP contribution is -2.45. The molecule has 0 aromatic carbocycles. The van der Waals surface area contributed by atoms with Crippen molar-refractivity contribution in [2.45, 2.75) is 19.9 Å². The van der Waals surface area contributed by atoms with Gasteiger partial charge in [-0.05, 0) is 26.1 Å². The van der Waals surface area contributed by atoms with E-state index in [0.29, 0.717) is 6.54 Å². The van der Waals surface area contributed by atoms with Gasteiger partial charge in [0.05, 0.1) is 4.92 Å². The van der Waals surface area contributed by atoms with Gasteiger partial charge in [0.2, 0.25) is 5.15 Å². The number of amides is 1. The summed E-state index contributed by atoms with van der Waals surface area (Å²) in [5.41, 5.74) is -0.548. The number of nitrogens with zero attached hydrogens (tertiary/aromatic N) is 3. The third-order valence-electron chi connectivity index (χ3n) is 2.99. The van der Waals surface area contributed by atoms with Gasteiger partial charge >= 0.3 is 5.69 Å². The summed E-state index contributed by atoms with van der Waals surface area (Å²) < 4.78 is 0. The Balaban J connectivity index is 3.03. The van der Waals surface area contributed by atoms with Crippen molar-refractivity contribution in [3.63, 3.8) is 0 Å². The first-order chi connectivity index (χ1) is 9.73. The Labute approximate surface area is 128 Å². The lowest BCUT2D eigenvalue weighted by atomic mass is 10.0. The summed E-state index contributed by atoms with van der Waals surface area (Å²) in [7, 11) is 3.79. The molecule has 0 aliphatic heterocycles. The van der Waals surface area contributed by atoms with Crippen LogP contribution in [0.1, 0.15) is 24.2 Å². The number of likely N-dealkylation sites (N-methyl/N-ethyl adjacent to an activating group) is 1. The maximum Gasteiger partial charge on any atom is 0.319 e. The maximum absolute atomic E-state index is 12.3. The fraction of sp³-hybridized carbons (Fsp3) is 0.538. The Kier molecular flexibility index (Phi) is 6.04. The zero-order valence-corrected chi connectivity index (χ0v) is 13.2. The number of nitrogens with one attached hydrogen (secondary N) is 1. The van der Waals surface area contributed by atoms with Crippen molar-refractivity contribution in [2.75, 3.05) is 20.6 Å². The minimum atomic E-state index is -0.694. The van der Waals surface area contributed by atoms with Crippen molar-refractivity contribution in [1.82, 2.24) is 15.2 Å². The largest absolute Gasteiger partial charge is 0.348 e. The average Bonchev–Trinajstić information content (AvgIpc) is 2.36. The number of pyridine rings is 1. The van der Waals surface area contributed by atoms with Crippen LogP contribution in [0.25, 0.3) is 0 Å². The van der Waals surface area contributed by atoms with Crippen molar-refractivity contribution in [2.24, 2.45) is 5.92 Å². The van der Waals surface area contributed by atoms with Crippen LogP contribution in [0, 0.1) is 16.0 Å². The summed E-state index contributed by atoms with van der Waals surface area (Å²) in [6, 6.07) is 1.17. The number of hydrogen-bond acceptors (Lipinski definition) is 5. The average molecular weight is 315 g/mol. The number of hydrogen-bond donors (Lipinski definition) is 1. The number of carbonyl (C=O) groups is 1. The van der Waals surface area contributed by atoms with Gasteiger partial charge in [-0.1, -0.05) is 25.4 Å². The molecule has 0 fully saturated rings. The molecule has 0 aliphatic carbocycles. The minimum Gasteiger partial charge on any atom is -0.348 e. The molecule has 1 amide bonds. The van der Waals surface area contributed by atoms with E-state index in [2.05, 4.69) is 10.3 Å². The molecule has 0 radical (unpaired) electrons. The zero-order chi connectivity index (χ0) is 16.2. The van der Waals surface area contributed by atoms with Crippen LogP contribution in [0.2, 0.25) is 5.15 Å². The molecule has 0 saturated carbocycles. The van der Waals surface area contributed by atoms with Crippen molar-refractivity contribution in [3.8, 4) is 0 Å². The van der Waals surface area contributed by atoms with E-state index in [9.17, 15) is 14.9 Å². The second-order valence-electron chi connectivity index (χ2n) is 5.34. The predicted octanol–water partition coefficient (Wildman–Crippen LogP) is 1.96. The first-order valence-corrected chi connectivity index (χ1v) is 6.86. The van der Waals surface area contributed by atoms with E-state index in [1.165, 1.54) is 12.3 Å². The summed E-state index contributed by atoms with van der Waals surface area (Å²) >= 11 is 5.71. The van der Waals surface area contributed by atoms with Gasteiger partial charge in [0.25, 0.3) is 5.91 Å². The molecule has 0 bridgehead atoms. The van der Waals surface area contributed by atoms with Crippen LogP contribution >= 0.6 is 11.6 Å². The summed E-state index contributed by atoms with van der Waals surface area (Å²) in [5, 5.41) is 13.6. The van der Waals surface area contributed by atoms with E-state index >= 15 is 0 Å². The lowest BCUT2D eigenvalue weighted by molar-refractivity contribution is -0.385. The first-order valence-electron chi connectivity index (χ1n) is 6.48. The number of halogens is 1. The van der Waals surface area contributed by atoms with Gasteiger partial charge in [0, 0.05) is 18.8 Å². The molecule has 1 N–H and O–H groups in total. The molecule has 8 heteroatoms. The number of aromatic nitrogens is 1. The van der Waals surface area contributed by atoms with Gasteiger partial charge in [-0.2, -0.15) is 0 Å². The molecule has 1 rings (SSSR count). The molecule has 0 spiro atoms. The minimum absolute atomic E-state index is 0.0793. The highest BCUT2D eigenvalue weighted by Gasteiger charge is 2.27. The smallest absolute Gasteiger partial charge is 0.319 e. The fourth-order valence-electron chi connectivity index (χ4n) is 1.85. The summed E-state index contributed by atoms with van der Waals surface area (Å²) in [6.45, 7) is 4.58. The zero-order valence-electron chi connectivity index (χ0n) is 12.5. The molecule has 1 atom stereocenters. The van der Waals surface area contributed by atoms with Gasteiger partial charge < -0.3 is 10.2 Å². The lowest BCUT2D eigenvalue weighted by Gasteiger charge is -2.25. The monoisotopic (exact) mass is 314 g/mol. The first kappa shape index (κ1) is 17.3. The molecule has 21 heavy (non-hydrogen) atoms. The molecular weight excluding hydrogens is 296 g/mol. The highest BCUT2D eigenvalue weighted by Crippen LogP contribution is 2.26. The Morgan fingerprint density at radius 1 is 1.52 bits per heavy atom. The van der Waals surface area contributed by atoms with Gasteiger partial charge in [-0.3, -0.25) is 14.9 Å². The van der Waals surface area contributed by atoms with Gasteiger partial charge in [-0.15, -0.1) is 0 Å². The van der Waals surface area contributed by atoms with Gasteiger partial charge in [0.15, 0.2) is 0 Å². The number of carbonyl (C=O) groups excluding carboxylic acids is 1. The van der Waals surface area contributed by atoms with Crippen LogP contribution in [-0.4, -0.2) is 47.4 Å². The second-order valence-corrected chi connectivity index (χ2v) is 5.70. The molecule has 1 aromatic heterocycles. The van der Waals surface area contributed by atoms with Gasteiger partial charge in [-0.25, -0.2) is 4.98 Å². The molecular formula is C13H19ClN4O3. The van der Waals surface area contributed by atoms with E-state index in [1.807, 2.05) is 32.8 Å². The Morgan fingerprint density at radius 3 is 2.62 bits per heavy atom. The SMILES string of the molecule is CC(C)C(CN(C)C)NC(=O)c1ccnc(Cl)c1[N+](=O)[O-]. The highest BCUT2D eigenvalue weighted by atomic mass is 35.5. The number of nitro groups is 1. The molecule has 1 heterocycles. The predicted molar refractivity (Wildman–Crippen MR) is 80.5 cm³/mol. The standard InChI is InChI=1S/C13H19ClN4O3/c1-8(2)10(7-17(3)4)16-13(19)9-5-6-15-12(14)11(9)18(20)21/h5-6,8,10H,7H2,1-4H3,(H,16,19). The normalized spacial score (nSPS) is 12.5. The fourth-order valence-corrected chi connectivity index (χ4v) is 2.08. The maximum atomic E-state index is 12.3. The highest BCUT2D eigenvalue weighted by molar-refractivity contribution is 6.32. The van der Waals surface area contributed by atoms with E-state index in [0.717, 1.165) is 0 Å². The Bertz CT molecular complexity index is 534. The molecule has 116 valence electrons. The van der Waals surface area contributed by atoms with Crippen LogP contribution in [0.15, 0.2) is 12.3 Å². The topological polar surface area (TPSA) is 88.4 Å². The van der Waals surface area contributed by atoms with Crippen LogP contribution < -0.4 is 5.32 Å². The molecule has 1 aromatic rings. The van der Waals surface area contributed by atoms with Crippen molar-refractivity contribution >= 4 is 23.2 Å². The molecule has 0 aliphatic rings. The van der Waals surface area contributed by atoms with Crippen LogP contribution in [0.4, 0.5) is 5.69 Å². The van der Waals surface area contributed by atoms with Crippen LogP contribution in [-0.2, 0) is 0 Å². The molecule has 0 saturated heterocycles. The number of rotatable bonds is 6. The third kappa shape index (κ3) is 4.64. The molecule has 1 unspecified atom stereocenters. The van der Waals surface area contributed by atoms with Crippen molar-refractivity contribution in [1.29, 1.82) is 0 Å². The molecule has 7 nitrogen and oxygen atoms in total. The summed E-state index contributed by atoms with van der Waals surface area (Å²) in [4.78, 5) is 28.2. The quantitative estimate of drug-likeness (QED) is 0.492. The van der Waals surface area contributed by atoms with Gasteiger partial charge in [0.1, 0.15) is 5.56 Å². The summed E-state index contributed by atoms with van der Waals surface area (Å²) in [5.74, 6) is -0.334. The summed E-state index contributed by atoms with van der Waals surface area (Å²) in [6.07, 6.45) is 1.28. The van der Waals surface area contributed by atoms with Crippen molar-refractivity contribution in [3.05, 3.63) is 33.1 Å². The Hall–Kier alpha value is -1.73. The second kappa shape index (κ2) is 7.33. The van der Waals surface area contributed by atoms with Crippen molar-refractivity contribution < 1.29 is 9.72 Å². The Morgan fingerprint density at radius 2 is 2.14 bits per heavy atom. The van der Waals surface area contributed by atoms with E-state index < -0.39 is 16.5 Å². The van der Waals surface area contributed by atoms with E-state index in [-0.39, 0.29) is 22.7 Å².